The molecule has 1 unspecified atom stereocenters. The van der Waals surface area contributed by atoms with E-state index in [1.165, 1.54) is 0 Å². The molecule has 4 heterocycles. The number of nitrogens with zero attached hydrogens (tertiary/aromatic N) is 4. The van der Waals surface area contributed by atoms with E-state index in [4.69, 9.17) is 0 Å². The van der Waals surface area contributed by atoms with Crippen LogP contribution in [0.2, 0.25) is 0 Å². The molecule has 3 aromatic rings. The minimum absolute atomic E-state index is 0.0458. The largest absolute Gasteiger partial charge is 0.347 e. The average Bonchev–Trinajstić information content (AvgIpc) is 3.24. The van der Waals surface area contributed by atoms with E-state index in [1.807, 2.05) is 27.6 Å². The van der Waals surface area contributed by atoms with E-state index in [0.29, 0.717) is 5.56 Å². The summed E-state index contributed by atoms with van der Waals surface area (Å²) < 4.78 is 1.87. The average molecular weight is 281 g/mol. The molecule has 1 N–H and O–H groups in total. The molecule has 1 saturated heterocycles. The Hall–Kier alpha value is -2.63. The van der Waals surface area contributed by atoms with Crippen molar-refractivity contribution in [1.29, 1.82) is 0 Å². The Labute approximate surface area is 121 Å². The molecule has 3 aromatic heterocycles. The Morgan fingerprint density at radius 2 is 2.33 bits per heavy atom. The first-order chi connectivity index (χ1) is 10.3. The molecule has 0 radical (unpaired) electrons. The third-order valence-electron chi connectivity index (χ3n) is 4.00. The molecule has 1 aliphatic heterocycles. The minimum atomic E-state index is 0.0458. The smallest absolute Gasteiger partial charge is 0.255 e. The number of fused-ring (bicyclic) bond motifs is 1. The number of hydrogen-bond acceptors (Lipinski definition) is 3. The van der Waals surface area contributed by atoms with Gasteiger partial charge in [-0.25, -0.2) is 9.97 Å². The lowest BCUT2D eigenvalue weighted by atomic mass is 10.2. The van der Waals surface area contributed by atoms with E-state index in [-0.39, 0.29) is 11.9 Å². The van der Waals surface area contributed by atoms with Crippen LogP contribution in [0.5, 0.6) is 0 Å². The molecule has 6 nitrogen and oxygen atoms in total. The number of hydrogen-bond donors (Lipinski definition) is 1. The quantitative estimate of drug-likeness (QED) is 0.781. The molecule has 4 rings (SSSR count). The van der Waals surface area contributed by atoms with Crippen molar-refractivity contribution in [1.82, 2.24) is 24.3 Å². The van der Waals surface area contributed by atoms with Gasteiger partial charge in [-0.1, -0.05) is 0 Å². The van der Waals surface area contributed by atoms with Crippen LogP contribution in [0.15, 0.2) is 43.2 Å². The zero-order chi connectivity index (χ0) is 14.2. The van der Waals surface area contributed by atoms with Crippen molar-refractivity contribution in [2.45, 2.75) is 18.9 Å². The van der Waals surface area contributed by atoms with Crippen molar-refractivity contribution < 1.29 is 4.79 Å². The monoisotopic (exact) mass is 281 g/mol. The van der Waals surface area contributed by atoms with Gasteiger partial charge in [-0.15, -0.1) is 0 Å². The third kappa shape index (κ3) is 1.99. The number of H-pyrrole nitrogens is 1. The second-order valence-electron chi connectivity index (χ2n) is 5.27. The van der Waals surface area contributed by atoms with E-state index < -0.39 is 0 Å². The number of amides is 1. The van der Waals surface area contributed by atoms with Crippen LogP contribution in [-0.4, -0.2) is 36.7 Å². The van der Waals surface area contributed by atoms with Gasteiger partial charge in [-0.3, -0.25) is 4.79 Å². The topological polar surface area (TPSA) is 66.3 Å². The predicted octanol–water partition coefficient (Wildman–Crippen LogP) is 2.03. The zero-order valence-corrected chi connectivity index (χ0v) is 11.4. The Balaban J connectivity index is 1.66. The first-order valence-electron chi connectivity index (χ1n) is 7.05. The van der Waals surface area contributed by atoms with Crippen LogP contribution in [0.3, 0.4) is 0 Å². The summed E-state index contributed by atoms with van der Waals surface area (Å²) in [7, 11) is 0. The van der Waals surface area contributed by atoms with Gasteiger partial charge in [0.1, 0.15) is 5.82 Å². The summed E-state index contributed by atoms with van der Waals surface area (Å²) in [6.45, 7) is 0.770. The lowest BCUT2D eigenvalue weighted by Crippen LogP contribution is -2.31. The summed E-state index contributed by atoms with van der Waals surface area (Å²) in [6, 6.07) is 3.82. The van der Waals surface area contributed by atoms with Gasteiger partial charge in [-0.05, 0) is 25.0 Å². The standard InChI is InChI=1S/C15H15N5O/c21-15(11-3-4-12-8-16-10-19(12)9-11)20-7-1-2-13(20)14-17-5-6-18-14/h3-6,8-10,13H,1-2,7H2,(H,17,18). The first kappa shape index (κ1) is 12.1. The number of nitrogens with one attached hydrogen (secondary N) is 1. The summed E-state index contributed by atoms with van der Waals surface area (Å²) in [4.78, 5) is 26.2. The molecule has 1 aliphatic rings. The Bertz CT molecular complexity index is 776. The molecule has 6 heteroatoms. The molecule has 21 heavy (non-hydrogen) atoms. The summed E-state index contributed by atoms with van der Waals surface area (Å²) in [5, 5.41) is 0. The third-order valence-corrected chi connectivity index (χ3v) is 4.00. The Kier molecular flexibility index (Phi) is 2.73. The Morgan fingerprint density at radius 3 is 3.19 bits per heavy atom. The van der Waals surface area contributed by atoms with Crippen molar-refractivity contribution in [2.75, 3.05) is 6.54 Å². The minimum Gasteiger partial charge on any atom is -0.347 e. The van der Waals surface area contributed by atoms with Crippen LogP contribution >= 0.6 is 0 Å². The number of aromatic amines is 1. The molecular formula is C15H15N5O. The van der Waals surface area contributed by atoms with Gasteiger partial charge in [0.2, 0.25) is 0 Å². The number of pyridine rings is 1. The predicted molar refractivity (Wildman–Crippen MR) is 76.8 cm³/mol. The highest BCUT2D eigenvalue weighted by molar-refractivity contribution is 5.94. The van der Waals surface area contributed by atoms with Crippen molar-refractivity contribution in [3.63, 3.8) is 0 Å². The summed E-state index contributed by atoms with van der Waals surface area (Å²) >= 11 is 0. The Morgan fingerprint density at radius 1 is 1.38 bits per heavy atom. The lowest BCUT2D eigenvalue weighted by molar-refractivity contribution is 0.0730. The lowest BCUT2D eigenvalue weighted by Gasteiger charge is -2.23. The molecule has 0 bridgehead atoms. The fraction of sp³-hybridized carbons (Fsp3) is 0.267. The SMILES string of the molecule is O=C(c1ccc2cncn2c1)N1CCCC1c1ncc[nH]1. The molecule has 0 saturated carbocycles. The molecular weight excluding hydrogens is 266 g/mol. The normalized spacial score (nSPS) is 18.5. The van der Waals surface area contributed by atoms with Crippen LogP contribution in [0, 0.1) is 0 Å². The molecule has 0 aliphatic carbocycles. The van der Waals surface area contributed by atoms with E-state index >= 15 is 0 Å². The van der Waals surface area contributed by atoms with Crippen LogP contribution in [0.1, 0.15) is 35.1 Å². The highest BCUT2D eigenvalue weighted by Gasteiger charge is 2.32. The van der Waals surface area contributed by atoms with Crippen LogP contribution in [0.25, 0.3) is 5.52 Å². The molecule has 0 spiro atoms. The second-order valence-corrected chi connectivity index (χ2v) is 5.27. The molecule has 1 amide bonds. The van der Waals surface area contributed by atoms with Gasteiger partial charge in [0.25, 0.3) is 5.91 Å². The van der Waals surface area contributed by atoms with E-state index in [2.05, 4.69) is 15.0 Å². The van der Waals surface area contributed by atoms with Crippen LogP contribution in [-0.2, 0) is 0 Å². The molecule has 1 fully saturated rings. The summed E-state index contributed by atoms with van der Waals surface area (Å²) in [6.07, 6.45) is 10.8. The van der Waals surface area contributed by atoms with Gasteiger partial charge in [0.15, 0.2) is 0 Å². The van der Waals surface area contributed by atoms with Gasteiger partial charge in [0, 0.05) is 25.1 Å². The maximum Gasteiger partial charge on any atom is 0.255 e. The van der Waals surface area contributed by atoms with E-state index in [1.54, 1.807) is 24.9 Å². The van der Waals surface area contributed by atoms with Crippen LogP contribution in [0.4, 0.5) is 0 Å². The van der Waals surface area contributed by atoms with E-state index in [9.17, 15) is 4.79 Å². The number of rotatable bonds is 2. The maximum absolute atomic E-state index is 12.8. The molecule has 106 valence electrons. The van der Waals surface area contributed by atoms with Crippen molar-refractivity contribution in [3.8, 4) is 0 Å². The summed E-state index contributed by atoms with van der Waals surface area (Å²) in [5.74, 6) is 0.911. The van der Waals surface area contributed by atoms with Crippen molar-refractivity contribution in [3.05, 3.63) is 54.6 Å². The number of imidazole rings is 2. The maximum atomic E-state index is 12.8. The van der Waals surface area contributed by atoms with Crippen molar-refractivity contribution in [2.24, 2.45) is 0 Å². The fourth-order valence-electron chi connectivity index (χ4n) is 2.97. The van der Waals surface area contributed by atoms with E-state index in [0.717, 1.165) is 30.7 Å². The molecule has 1 atom stereocenters. The highest BCUT2D eigenvalue weighted by atomic mass is 16.2. The fourth-order valence-corrected chi connectivity index (χ4v) is 2.97. The van der Waals surface area contributed by atoms with Gasteiger partial charge >= 0.3 is 0 Å². The highest BCUT2D eigenvalue weighted by Crippen LogP contribution is 2.31. The summed E-state index contributed by atoms with van der Waals surface area (Å²) in [5.41, 5.74) is 1.66. The number of likely N-dealkylation sites (tertiary alicyclic amines) is 1. The molecule has 0 aromatic carbocycles. The van der Waals surface area contributed by atoms with Gasteiger partial charge in [0.05, 0.1) is 29.6 Å². The number of aromatic nitrogens is 4. The van der Waals surface area contributed by atoms with Crippen molar-refractivity contribution >= 4 is 11.4 Å². The van der Waals surface area contributed by atoms with Crippen LogP contribution < -0.4 is 0 Å². The zero-order valence-electron chi connectivity index (χ0n) is 11.4. The number of carbonyl (C=O) groups excluding carboxylic acids is 1. The van der Waals surface area contributed by atoms with Gasteiger partial charge < -0.3 is 14.3 Å². The van der Waals surface area contributed by atoms with Gasteiger partial charge in [-0.2, -0.15) is 0 Å². The first-order valence-corrected chi connectivity index (χ1v) is 7.05. The second kappa shape index (κ2) is 4.73. The number of carbonyl (C=O) groups is 1.